The lowest BCUT2D eigenvalue weighted by atomic mass is 10.1. The maximum atomic E-state index is 12.5. The summed E-state index contributed by atoms with van der Waals surface area (Å²) in [6.07, 6.45) is 1.79. The van der Waals surface area contributed by atoms with Crippen molar-refractivity contribution in [2.45, 2.75) is 25.8 Å². The maximum Gasteiger partial charge on any atom is 0.263 e. The second-order valence-corrected chi connectivity index (χ2v) is 5.89. The van der Waals surface area contributed by atoms with Gasteiger partial charge in [0, 0.05) is 26.3 Å². The molecule has 0 saturated carbocycles. The van der Waals surface area contributed by atoms with Gasteiger partial charge < -0.3 is 14.7 Å². The van der Waals surface area contributed by atoms with Crippen LogP contribution < -0.4 is 0 Å². The Kier molecular flexibility index (Phi) is 5.18. The fourth-order valence-electron chi connectivity index (χ4n) is 2.24. The highest BCUT2D eigenvalue weighted by Gasteiger charge is 2.24. The molecular formula is C15H19NO3S. The van der Waals surface area contributed by atoms with E-state index < -0.39 is 0 Å². The molecule has 1 saturated heterocycles. The van der Waals surface area contributed by atoms with Gasteiger partial charge in [-0.05, 0) is 31.4 Å². The molecule has 0 aromatic carbocycles. The molecule has 1 amide bonds. The van der Waals surface area contributed by atoms with Crippen molar-refractivity contribution >= 4 is 17.2 Å². The molecule has 0 bridgehead atoms. The molecule has 0 spiro atoms. The Balaban J connectivity index is 2.12. The van der Waals surface area contributed by atoms with Gasteiger partial charge >= 0.3 is 0 Å². The van der Waals surface area contributed by atoms with Crippen LogP contribution in [0.3, 0.4) is 0 Å². The fraction of sp³-hybridized carbons (Fsp3) is 0.533. The first kappa shape index (κ1) is 15.0. The Morgan fingerprint density at radius 1 is 1.55 bits per heavy atom. The molecule has 0 atom stereocenters. The van der Waals surface area contributed by atoms with Crippen molar-refractivity contribution < 1.29 is 14.6 Å². The highest BCUT2D eigenvalue weighted by Crippen LogP contribution is 2.24. The average molecular weight is 293 g/mol. The average Bonchev–Trinajstić information content (AvgIpc) is 2.85. The number of thiophene rings is 1. The summed E-state index contributed by atoms with van der Waals surface area (Å²) in [5, 5.41) is 8.74. The maximum absolute atomic E-state index is 12.5. The van der Waals surface area contributed by atoms with Crippen molar-refractivity contribution in [1.29, 1.82) is 0 Å². The van der Waals surface area contributed by atoms with E-state index >= 15 is 0 Å². The lowest BCUT2D eigenvalue weighted by molar-refractivity contribution is 0.0365. The molecule has 1 aliphatic heterocycles. The molecule has 20 heavy (non-hydrogen) atoms. The van der Waals surface area contributed by atoms with Gasteiger partial charge in [0.1, 0.15) is 6.61 Å². The first-order valence-corrected chi connectivity index (χ1v) is 7.50. The lowest BCUT2D eigenvalue weighted by Crippen LogP contribution is -2.40. The van der Waals surface area contributed by atoms with Crippen LogP contribution in [-0.2, 0) is 4.74 Å². The van der Waals surface area contributed by atoms with Gasteiger partial charge in [-0.3, -0.25) is 4.79 Å². The number of ether oxygens (including phenoxy) is 1. The van der Waals surface area contributed by atoms with Crippen molar-refractivity contribution in [3.63, 3.8) is 0 Å². The summed E-state index contributed by atoms with van der Waals surface area (Å²) in [6, 6.07) is 2.13. The van der Waals surface area contributed by atoms with Crippen LogP contribution >= 0.6 is 11.3 Å². The molecule has 0 radical (unpaired) electrons. The number of rotatable bonds is 2. The molecule has 0 unspecified atom stereocenters. The highest BCUT2D eigenvalue weighted by atomic mass is 32.1. The van der Waals surface area contributed by atoms with E-state index in [9.17, 15) is 4.79 Å². The number of carbonyl (C=O) groups excluding carboxylic acids is 1. The monoisotopic (exact) mass is 293 g/mol. The second kappa shape index (κ2) is 6.89. The zero-order valence-electron chi connectivity index (χ0n) is 11.8. The van der Waals surface area contributed by atoms with Crippen LogP contribution in [0.1, 0.15) is 33.0 Å². The Labute approximate surface area is 123 Å². The molecular weight excluding hydrogens is 274 g/mol. The van der Waals surface area contributed by atoms with Gasteiger partial charge in [-0.2, -0.15) is 0 Å². The van der Waals surface area contributed by atoms with E-state index in [4.69, 9.17) is 9.84 Å². The number of amides is 1. The van der Waals surface area contributed by atoms with E-state index in [1.807, 2.05) is 24.9 Å². The minimum atomic E-state index is -0.164. The van der Waals surface area contributed by atoms with Gasteiger partial charge in [0.15, 0.2) is 0 Å². The lowest BCUT2D eigenvalue weighted by Gasteiger charge is -2.30. The number of hydrogen-bond acceptors (Lipinski definition) is 4. The fourth-order valence-corrected chi connectivity index (χ4v) is 3.27. The number of aliphatic hydroxyl groups excluding tert-OH is 1. The van der Waals surface area contributed by atoms with Gasteiger partial charge in [0.05, 0.1) is 9.75 Å². The van der Waals surface area contributed by atoms with Crippen molar-refractivity contribution in [2.24, 2.45) is 0 Å². The summed E-state index contributed by atoms with van der Waals surface area (Å²) in [4.78, 5) is 15.9. The van der Waals surface area contributed by atoms with E-state index in [1.54, 1.807) is 0 Å². The molecule has 2 rings (SSSR count). The van der Waals surface area contributed by atoms with Crippen LogP contribution in [-0.4, -0.2) is 48.8 Å². The van der Waals surface area contributed by atoms with E-state index in [0.717, 1.165) is 36.5 Å². The number of aliphatic hydroxyl groups is 1. The van der Waals surface area contributed by atoms with Crippen LogP contribution in [0.4, 0.5) is 0 Å². The molecule has 1 aromatic heterocycles. The Morgan fingerprint density at radius 2 is 2.25 bits per heavy atom. The number of carbonyl (C=O) groups is 1. The molecule has 4 nitrogen and oxygen atoms in total. The summed E-state index contributed by atoms with van der Waals surface area (Å²) >= 11 is 1.39. The summed E-state index contributed by atoms with van der Waals surface area (Å²) in [7, 11) is 1.85. The van der Waals surface area contributed by atoms with Crippen molar-refractivity contribution in [1.82, 2.24) is 4.90 Å². The minimum Gasteiger partial charge on any atom is -0.384 e. The largest absolute Gasteiger partial charge is 0.384 e. The normalized spacial score (nSPS) is 15.6. The predicted molar refractivity (Wildman–Crippen MR) is 79.0 cm³/mol. The molecule has 1 fully saturated rings. The molecule has 1 aliphatic rings. The molecule has 2 heterocycles. The van der Waals surface area contributed by atoms with Gasteiger partial charge in [-0.25, -0.2) is 0 Å². The van der Waals surface area contributed by atoms with Gasteiger partial charge in [-0.1, -0.05) is 11.8 Å². The Morgan fingerprint density at radius 3 is 2.90 bits per heavy atom. The number of hydrogen-bond donors (Lipinski definition) is 1. The third kappa shape index (κ3) is 3.40. The topological polar surface area (TPSA) is 49.8 Å². The Hall–Kier alpha value is -1.35. The molecule has 0 aliphatic carbocycles. The summed E-state index contributed by atoms with van der Waals surface area (Å²) in [5.41, 5.74) is 0.986. The minimum absolute atomic E-state index is 0.0436. The van der Waals surface area contributed by atoms with Crippen LogP contribution in [0.5, 0.6) is 0 Å². The summed E-state index contributed by atoms with van der Waals surface area (Å²) in [5.74, 6) is 5.55. The standard InChI is InChI=1S/C15H19NO3S/c1-11-10-14(20-13(11)4-3-7-17)15(18)16(2)12-5-8-19-9-6-12/h10,12,17H,5-9H2,1-2H3. The summed E-state index contributed by atoms with van der Waals surface area (Å²) in [6.45, 7) is 3.21. The van der Waals surface area contributed by atoms with E-state index in [0.29, 0.717) is 4.88 Å². The van der Waals surface area contributed by atoms with Gasteiger partial charge in [0.25, 0.3) is 5.91 Å². The molecule has 108 valence electrons. The van der Waals surface area contributed by atoms with Crippen LogP contribution in [0, 0.1) is 18.8 Å². The molecule has 1 N–H and O–H groups in total. The first-order valence-electron chi connectivity index (χ1n) is 6.68. The first-order chi connectivity index (χ1) is 9.63. The van der Waals surface area contributed by atoms with Crippen LogP contribution in [0.25, 0.3) is 0 Å². The highest BCUT2D eigenvalue weighted by molar-refractivity contribution is 7.14. The van der Waals surface area contributed by atoms with Gasteiger partial charge in [0.2, 0.25) is 0 Å². The third-order valence-electron chi connectivity index (χ3n) is 3.47. The zero-order chi connectivity index (χ0) is 14.5. The molecule has 1 aromatic rings. The Bertz CT molecular complexity index is 535. The molecule has 5 heteroatoms. The van der Waals surface area contributed by atoms with E-state index in [1.165, 1.54) is 11.3 Å². The predicted octanol–water partition coefficient (Wildman–Crippen LogP) is 1.65. The van der Waals surface area contributed by atoms with Crippen molar-refractivity contribution in [2.75, 3.05) is 26.9 Å². The van der Waals surface area contributed by atoms with Crippen molar-refractivity contribution in [3.05, 3.63) is 21.4 Å². The van der Waals surface area contributed by atoms with E-state index in [-0.39, 0.29) is 18.6 Å². The second-order valence-electron chi connectivity index (χ2n) is 4.84. The summed E-state index contributed by atoms with van der Waals surface area (Å²) < 4.78 is 5.33. The smallest absolute Gasteiger partial charge is 0.263 e. The van der Waals surface area contributed by atoms with E-state index in [2.05, 4.69) is 11.8 Å². The SMILES string of the molecule is Cc1cc(C(=O)N(C)C2CCOCC2)sc1C#CCO. The van der Waals surface area contributed by atoms with Crippen LogP contribution in [0.2, 0.25) is 0 Å². The third-order valence-corrected chi connectivity index (χ3v) is 4.61. The number of nitrogens with zero attached hydrogens (tertiary/aromatic N) is 1. The van der Waals surface area contributed by atoms with Gasteiger partial charge in [-0.15, -0.1) is 11.3 Å². The quantitative estimate of drug-likeness (QED) is 0.844. The number of aryl methyl sites for hydroxylation is 1. The van der Waals surface area contributed by atoms with Crippen molar-refractivity contribution in [3.8, 4) is 11.8 Å². The van der Waals surface area contributed by atoms with Crippen LogP contribution in [0.15, 0.2) is 6.07 Å². The zero-order valence-corrected chi connectivity index (χ0v) is 12.6.